The molecule has 0 saturated carbocycles. The molecule has 0 radical (unpaired) electrons. The predicted molar refractivity (Wildman–Crippen MR) is 73.1 cm³/mol. The average molecular weight is 271 g/mol. The van der Waals surface area contributed by atoms with E-state index >= 15 is 0 Å². The van der Waals surface area contributed by atoms with E-state index in [-0.39, 0.29) is 18.4 Å². The maximum absolute atomic E-state index is 11.9. The molecule has 6 nitrogen and oxygen atoms in total. The average Bonchev–Trinajstić information content (AvgIpc) is 2.35. The molecule has 0 aromatic carbocycles. The molecule has 6 heteroatoms. The fourth-order valence-corrected chi connectivity index (χ4v) is 2.33. The highest BCUT2D eigenvalue weighted by atomic mass is 16.4. The first-order valence-corrected chi connectivity index (χ1v) is 6.81. The lowest BCUT2D eigenvalue weighted by Gasteiger charge is -2.35. The Morgan fingerprint density at radius 1 is 1.37 bits per heavy atom. The highest BCUT2D eigenvalue weighted by Crippen LogP contribution is 2.14. The Balaban J connectivity index is 2.26. The van der Waals surface area contributed by atoms with Gasteiger partial charge in [-0.2, -0.15) is 0 Å². The van der Waals surface area contributed by atoms with Crippen molar-refractivity contribution in [3.8, 4) is 0 Å². The molecule has 0 aromatic rings. The van der Waals surface area contributed by atoms with E-state index in [0.29, 0.717) is 12.6 Å². The van der Waals surface area contributed by atoms with Gasteiger partial charge in [0.2, 0.25) is 0 Å². The van der Waals surface area contributed by atoms with Gasteiger partial charge in [-0.25, -0.2) is 4.79 Å². The van der Waals surface area contributed by atoms with E-state index < -0.39 is 5.97 Å². The van der Waals surface area contributed by atoms with E-state index in [4.69, 9.17) is 5.11 Å². The summed E-state index contributed by atoms with van der Waals surface area (Å²) in [7, 11) is 4.13. The van der Waals surface area contributed by atoms with Gasteiger partial charge in [0.05, 0.1) is 0 Å². The number of carbonyl (C=O) groups excluding carboxylic acids is 1. The summed E-state index contributed by atoms with van der Waals surface area (Å²) in [5.41, 5.74) is 0. The van der Waals surface area contributed by atoms with Crippen molar-refractivity contribution in [3.05, 3.63) is 0 Å². The first kappa shape index (κ1) is 15.8. The van der Waals surface area contributed by atoms with E-state index in [1.54, 1.807) is 0 Å². The van der Waals surface area contributed by atoms with Crippen LogP contribution < -0.4 is 5.32 Å². The number of carboxylic acid groups (broad SMARTS) is 1. The summed E-state index contributed by atoms with van der Waals surface area (Å²) in [6.07, 6.45) is 2.07. The molecule has 0 aromatic heterocycles. The summed E-state index contributed by atoms with van der Waals surface area (Å²) in [6.45, 7) is 3.77. The molecular weight excluding hydrogens is 246 g/mol. The minimum atomic E-state index is -0.825. The van der Waals surface area contributed by atoms with Crippen molar-refractivity contribution in [1.29, 1.82) is 0 Å². The molecule has 1 aliphatic rings. The van der Waals surface area contributed by atoms with Crippen molar-refractivity contribution in [2.75, 3.05) is 33.7 Å². The molecule has 1 unspecified atom stereocenters. The molecular formula is C13H25N3O3. The van der Waals surface area contributed by atoms with Crippen molar-refractivity contribution in [1.82, 2.24) is 15.1 Å². The van der Waals surface area contributed by atoms with Crippen molar-refractivity contribution in [2.45, 2.75) is 32.2 Å². The summed E-state index contributed by atoms with van der Waals surface area (Å²) < 4.78 is 0. The zero-order chi connectivity index (χ0) is 14.4. The van der Waals surface area contributed by atoms with Gasteiger partial charge < -0.3 is 20.2 Å². The van der Waals surface area contributed by atoms with E-state index in [9.17, 15) is 9.59 Å². The van der Waals surface area contributed by atoms with Crippen LogP contribution in [0.2, 0.25) is 0 Å². The van der Waals surface area contributed by atoms with E-state index in [1.165, 1.54) is 0 Å². The molecule has 1 rings (SSSR count). The number of nitrogens with zero attached hydrogens (tertiary/aromatic N) is 2. The second kappa shape index (κ2) is 7.33. The number of hydrogen-bond acceptors (Lipinski definition) is 3. The number of piperidine rings is 1. The lowest BCUT2D eigenvalue weighted by Crippen LogP contribution is -2.48. The van der Waals surface area contributed by atoms with Gasteiger partial charge >= 0.3 is 12.0 Å². The van der Waals surface area contributed by atoms with Crippen molar-refractivity contribution in [2.24, 2.45) is 5.92 Å². The van der Waals surface area contributed by atoms with Crippen molar-refractivity contribution in [3.63, 3.8) is 0 Å². The van der Waals surface area contributed by atoms with Gasteiger partial charge in [-0.1, -0.05) is 6.92 Å². The van der Waals surface area contributed by atoms with Gasteiger partial charge in [0.25, 0.3) is 0 Å². The lowest BCUT2D eigenvalue weighted by molar-refractivity contribution is -0.137. The molecule has 19 heavy (non-hydrogen) atoms. The Morgan fingerprint density at radius 3 is 2.42 bits per heavy atom. The topological polar surface area (TPSA) is 72.9 Å². The number of amides is 2. The standard InChI is InChI=1S/C13H25N3O3/c1-10(8-12(17)18)9-14-13(19)16-6-4-11(5-7-16)15(2)3/h10-11H,4-9H2,1-3H3,(H,14,19)(H,17,18). The number of aliphatic carboxylic acids is 1. The van der Waals surface area contributed by atoms with Gasteiger partial charge in [-0.3, -0.25) is 4.79 Å². The monoisotopic (exact) mass is 271 g/mol. The molecule has 0 spiro atoms. The molecule has 1 aliphatic heterocycles. The van der Waals surface area contributed by atoms with Crippen LogP contribution in [0.25, 0.3) is 0 Å². The fraction of sp³-hybridized carbons (Fsp3) is 0.846. The Hall–Kier alpha value is -1.30. The number of rotatable bonds is 5. The summed E-state index contributed by atoms with van der Waals surface area (Å²) in [5, 5.41) is 11.5. The van der Waals surface area contributed by atoms with Crippen LogP contribution in [0.3, 0.4) is 0 Å². The summed E-state index contributed by atoms with van der Waals surface area (Å²) in [4.78, 5) is 26.5. The molecule has 2 N–H and O–H groups in total. The maximum atomic E-state index is 11.9. The second-order valence-electron chi connectivity index (χ2n) is 5.57. The zero-order valence-electron chi connectivity index (χ0n) is 12.1. The number of carbonyl (C=O) groups is 2. The van der Waals surface area contributed by atoms with Crippen LogP contribution in [-0.4, -0.2) is 66.7 Å². The quantitative estimate of drug-likeness (QED) is 0.777. The Labute approximate surface area is 114 Å². The Morgan fingerprint density at radius 2 is 1.95 bits per heavy atom. The van der Waals surface area contributed by atoms with Crippen LogP contribution in [-0.2, 0) is 4.79 Å². The van der Waals surface area contributed by atoms with E-state index in [1.807, 2.05) is 11.8 Å². The highest BCUT2D eigenvalue weighted by Gasteiger charge is 2.23. The fourth-order valence-electron chi connectivity index (χ4n) is 2.33. The molecule has 0 bridgehead atoms. The molecule has 1 saturated heterocycles. The normalized spacial score (nSPS) is 18.4. The highest BCUT2D eigenvalue weighted by molar-refractivity contribution is 5.74. The minimum absolute atomic E-state index is 0.0410. The van der Waals surface area contributed by atoms with E-state index in [0.717, 1.165) is 25.9 Å². The van der Waals surface area contributed by atoms with Gasteiger partial charge in [0.15, 0.2) is 0 Å². The first-order chi connectivity index (χ1) is 8.90. The smallest absolute Gasteiger partial charge is 0.317 e. The SMILES string of the molecule is CC(CNC(=O)N1CCC(N(C)C)CC1)CC(=O)O. The summed E-state index contributed by atoms with van der Waals surface area (Å²) in [5.74, 6) is -0.866. The van der Waals surface area contributed by atoms with Crippen molar-refractivity contribution >= 4 is 12.0 Å². The minimum Gasteiger partial charge on any atom is -0.481 e. The Kier molecular flexibility index (Phi) is 6.08. The summed E-state index contributed by atoms with van der Waals surface area (Å²) >= 11 is 0. The largest absolute Gasteiger partial charge is 0.481 e. The predicted octanol–water partition coefficient (Wildman–Crippen LogP) is 0.833. The van der Waals surface area contributed by atoms with Gasteiger partial charge in [-0.15, -0.1) is 0 Å². The molecule has 2 amide bonds. The van der Waals surface area contributed by atoms with Gasteiger partial charge in [-0.05, 0) is 32.9 Å². The molecule has 1 atom stereocenters. The van der Waals surface area contributed by atoms with E-state index in [2.05, 4.69) is 24.3 Å². The third kappa shape index (κ3) is 5.46. The first-order valence-electron chi connectivity index (χ1n) is 6.81. The molecule has 1 fully saturated rings. The molecule has 1 heterocycles. The maximum Gasteiger partial charge on any atom is 0.317 e. The van der Waals surface area contributed by atoms with Crippen LogP contribution in [0.15, 0.2) is 0 Å². The van der Waals surface area contributed by atoms with Crippen LogP contribution in [0.4, 0.5) is 4.79 Å². The zero-order valence-corrected chi connectivity index (χ0v) is 12.1. The van der Waals surface area contributed by atoms with Crippen LogP contribution in [0.1, 0.15) is 26.2 Å². The van der Waals surface area contributed by atoms with Gasteiger partial charge in [0.1, 0.15) is 0 Å². The Bertz CT molecular complexity index is 312. The number of nitrogens with one attached hydrogen (secondary N) is 1. The third-order valence-electron chi connectivity index (χ3n) is 3.61. The number of urea groups is 1. The van der Waals surface area contributed by atoms with Crippen LogP contribution in [0, 0.1) is 5.92 Å². The van der Waals surface area contributed by atoms with Gasteiger partial charge in [0, 0.05) is 32.1 Å². The summed E-state index contributed by atoms with van der Waals surface area (Å²) in [6, 6.07) is 0.476. The second-order valence-corrected chi connectivity index (χ2v) is 5.57. The van der Waals surface area contributed by atoms with Crippen molar-refractivity contribution < 1.29 is 14.7 Å². The number of likely N-dealkylation sites (tertiary alicyclic amines) is 1. The lowest BCUT2D eigenvalue weighted by atomic mass is 10.0. The molecule has 0 aliphatic carbocycles. The number of carboxylic acids is 1. The third-order valence-corrected chi connectivity index (χ3v) is 3.61. The number of hydrogen-bond donors (Lipinski definition) is 2. The van der Waals surface area contributed by atoms with Crippen LogP contribution >= 0.6 is 0 Å². The molecule has 110 valence electrons. The van der Waals surface area contributed by atoms with Crippen LogP contribution in [0.5, 0.6) is 0 Å².